The molecule has 0 radical (unpaired) electrons. The normalized spacial score (nSPS) is 10.7. The summed E-state index contributed by atoms with van der Waals surface area (Å²) < 4.78 is 5.76. The molecule has 0 aliphatic heterocycles. The highest BCUT2D eigenvalue weighted by molar-refractivity contribution is 7.09. The van der Waals surface area contributed by atoms with Gasteiger partial charge in [-0.25, -0.2) is 4.98 Å². The summed E-state index contributed by atoms with van der Waals surface area (Å²) in [6.45, 7) is 6.86. The number of ether oxygens (including phenoxy) is 1. The fourth-order valence-corrected chi connectivity index (χ4v) is 4.01. The van der Waals surface area contributed by atoms with Crippen LogP contribution in [-0.2, 0) is 11.2 Å². The number of amides is 1. The third kappa shape index (κ3) is 4.72. The summed E-state index contributed by atoms with van der Waals surface area (Å²) in [7, 11) is 0. The van der Waals surface area contributed by atoms with Crippen LogP contribution < -0.4 is 10.1 Å². The number of rotatable bonds is 8. The Balaban J connectivity index is 1.76. The minimum absolute atomic E-state index is 0.385. The lowest BCUT2D eigenvalue weighted by Gasteiger charge is -2.16. The van der Waals surface area contributed by atoms with E-state index in [1.807, 2.05) is 20.8 Å². The largest absolute Gasteiger partial charge is 0.490 e. The first kappa shape index (κ1) is 20.4. The molecule has 0 fully saturated rings. The third-order valence-electron chi connectivity index (χ3n) is 4.60. The summed E-state index contributed by atoms with van der Waals surface area (Å²) in [5.41, 5.74) is 6.56. The van der Waals surface area contributed by atoms with E-state index in [2.05, 4.69) is 46.0 Å². The molecular weight excluding hydrogens is 392 g/mol. The first-order chi connectivity index (χ1) is 13.5. The Hall–Kier alpha value is -2.37. The second-order valence-corrected chi connectivity index (χ2v) is 8.11. The van der Waals surface area contributed by atoms with Gasteiger partial charge in [0.25, 0.3) is 0 Å². The molecule has 0 unspecified atom stereocenters. The molecule has 0 saturated heterocycles. The summed E-state index contributed by atoms with van der Waals surface area (Å²) in [5, 5.41) is 6.37. The first-order valence-electron chi connectivity index (χ1n) is 9.09. The fraction of sp³-hybridized carbons (Fsp3) is 0.273. The zero-order valence-electron chi connectivity index (χ0n) is 16.2. The molecule has 0 bridgehead atoms. The molecule has 1 N–H and O–H groups in total. The number of carbonyl (C=O) groups is 1. The highest BCUT2D eigenvalue weighted by atomic mass is 35.5. The van der Waals surface area contributed by atoms with Gasteiger partial charge in [-0.1, -0.05) is 41.9 Å². The molecule has 4 nitrogen and oxygen atoms in total. The SMILES string of the molecule is Cc1nc(-c2ccc(Cc3cc(C)c(OCCNC=O)c(Cl)c3C)cc2)cs1. The molecular formula is C22H23ClN2O2S. The number of aryl methyl sites for hydroxylation is 2. The van der Waals surface area contributed by atoms with Crippen LogP contribution in [0.4, 0.5) is 0 Å². The van der Waals surface area contributed by atoms with E-state index in [9.17, 15) is 4.79 Å². The van der Waals surface area contributed by atoms with Gasteiger partial charge in [-0.15, -0.1) is 11.3 Å². The van der Waals surface area contributed by atoms with Crippen molar-refractivity contribution in [3.63, 3.8) is 0 Å². The highest BCUT2D eigenvalue weighted by Gasteiger charge is 2.14. The van der Waals surface area contributed by atoms with Crippen LogP contribution in [0, 0.1) is 20.8 Å². The third-order valence-corrected chi connectivity index (χ3v) is 5.83. The number of aromatic nitrogens is 1. The molecule has 28 heavy (non-hydrogen) atoms. The molecule has 0 aliphatic rings. The van der Waals surface area contributed by atoms with E-state index in [1.54, 1.807) is 11.3 Å². The zero-order valence-corrected chi connectivity index (χ0v) is 17.8. The highest BCUT2D eigenvalue weighted by Crippen LogP contribution is 2.35. The standard InChI is InChI=1S/C22H23ClN2O2S/c1-14-10-19(15(2)21(23)22(14)27-9-8-24-13-26)11-17-4-6-18(7-5-17)20-12-28-16(3)25-20/h4-7,10,12-13H,8-9,11H2,1-3H3,(H,24,26). The molecule has 1 heterocycles. The maximum absolute atomic E-state index is 10.3. The number of hydrogen-bond donors (Lipinski definition) is 1. The van der Waals surface area contributed by atoms with E-state index >= 15 is 0 Å². The van der Waals surface area contributed by atoms with Crippen LogP contribution in [0.5, 0.6) is 5.75 Å². The van der Waals surface area contributed by atoms with Gasteiger partial charge in [0.15, 0.2) is 0 Å². The minimum atomic E-state index is 0.385. The summed E-state index contributed by atoms with van der Waals surface area (Å²) in [4.78, 5) is 14.9. The zero-order chi connectivity index (χ0) is 20.1. The second kappa shape index (κ2) is 9.22. The van der Waals surface area contributed by atoms with Crippen molar-refractivity contribution in [3.05, 3.63) is 68.0 Å². The van der Waals surface area contributed by atoms with Crippen LogP contribution in [0.1, 0.15) is 27.3 Å². The van der Waals surface area contributed by atoms with Crippen molar-refractivity contribution in [1.82, 2.24) is 10.3 Å². The Labute approximate surface area is 174 Å². The van der Waals surface area contributed by atoms with Crippen LogP contribution in [0.25, 0.3) is 11.3 Å². The molecule has 0 atom stereocenters. The van der Waals surface area contributed by atoms with Gasteiger partial charge in [0.05, 0.1) is 22.3 Å². The first-order valence-corrected chi connectivity index (χ1v) is 10.3. The van der Waals surface area contributed by atoms with Crippen LogP contribution in [0.2, 0.25) is 5.02 Å². The fourth-order valence-electron chi connectivity index (χ4n) is 3.06. The quantitative estimate of drug-likeness (QED) is 0.412. The average molecular weight is 415 g/mol. The number of benzene rings is 2. The van der Waals surface area contributed by atoms with Gasteiger partial charge in [-0.3, -0.25) is 4.79 Å². The molecule has 1 amide bonds. The summed E-state index contributed by atoms with van der Waals surface area (Å²) >= 11 is 8.23. The topological polar surface area (TPSA) is 51.2 Å². The monoisotopic (exact) mass is 414 g/mol. The van der Waals surface area contributed by atoms with E-state index in [0.29, 0.717) is 30.3 Å². The van der Waals surface area contributed by atoms with E-state index in [4.69, 9.17) is 16.3 Å². The van der Waals surface area contributed by atoms with Crippen LogP contribution in [0.3, 0.4) is 0 Å². The van der Waals surface area contributed by atoms with E-state index in [1.165, 1.54) is 11.1 Å². The van der Waals surface area contributed by atoms with E-state index < -0.39 is 0 Å². The molecule has 146 valence electrons. The molecule has 0 saturated carbocycles. The number of halogens is 1. The number of nitrogens with one attached hydrogen (secondary N) is 1. The predicted octanol–water partition coefficient (Wildman–Crippen LogP) is 5.10. The van der Waals surface area contributed by atoms with Crippen LogP contribution in [-0.4, -0.2) is 24.5 Å². The van der Waals surface area contributed by atoms with Gasteiger partial charge < -0.3 is 10.1 Å². The number of hydrogen-bond acceptors (Lipinski definition) is 4. The molecule has 2 aromatic carbocycles. The molecule has 6 heteroatoms. The lowest BCUT2D eigenvalue weighted by Crippen LogP contribution is -2.19. The van der Waals surface area contributed by atoms with Gasteiger partial charge in [-0.2, -0.15) is 0 Å². The molecule has 3 aromatic rings. The summed E-state index contributed by atoms with van der Waals surface area (Å²) in [6, 6.07) is 10.6. The van der Waals surface area contributed by atoms with E-state index in [0.717, 1.165) is 33.8 Å². The summed E-state index contributed by atoms with van der Waals surface area (Å²) in [5.74, 6) is 0.685. The molecule has 1 aromatic heterocycles. The van der Waals surface area contributed by atoms with Crippen LogP contribution >= 0.6 is 22.9 Å². The maximum Gasteiger partial charge on any atom is 0.207 e. The van der Waals surface area contributed by atoms with Crippen molar-refractivity contribution in [2.45, 2.75) is 27.2 Å². The number of nitrogens with zero attached hydrogens (tertiary/aromatic N) is 1. The van der Waals surface area contributed by atoms with Crippen molar-refractivity contribution in [3.8, 4) is 17.0 Å². The molecule has 0 aliphatic carbocycles. The van der Waals surface area contributed by atoms with Crippen molar-refractivity contribution >= 4 is 29.3 Å². The average Bonchev–Trinajstić information content (AvgIpc) is 3.12. The van der Waals surface area contributed by atoms with Crippen molar-refractivity contribution in [1.29, 1.82) is 0 Å². The van der Waals surface area contributed by atoms with Crippen molar-refractivity contribution in [2.24, 2.45) is 0 Å². The summed E-state index contributed by atoms with van der Waals surface area (Å²) in [6.07, 6.45) is 1.46. The Bertz CT molecular complexity index is 967. The Morgan fingerprint density at radius 3 is 2.61 bits per heavy atom. The Morgan fingerprint density at radius 2 is 1.96 bits per heavy atom. The lowest BCUT2D eigenvalue weighted by molar-refractivity contribution is -0.109. The molecule has 0 spiro atoms. The van der Waals surface area contributed by atoms with Gasteiger partial charge >= 0.3 is 0 Å². The lowest BCUT2D eigenvalue weighted by atomic mass is 9.97. The van der Waals surface area contributed by atoms with E-state index in [-0.39, 0.29) is 0 Å². The predicted molar refractivity (Wildman–Crippen MR) is 116 cm³/mol. The van der Waals surface area contributed by atoms with Crippen molar-refractivity contribution < 1.29 is 9.53 Å². The number of thiazole rings is 1. The number of carbonyl (C=O) groups excluding carboxylic acids is 1. The molecule has 3 rings (SSSR count). The van der Waals surface area contributed by atoms with Crippen molar-refractivity contribution in [2.75, 3.05) is 13.2 Å². The van der Waals surface area contributed by atoms with Crippen LogP contribution in [0.15, 0.2) is 35.7 Å². The Kier molecular flexibility index (Phi) is 6.70. The van der Waals surface area contributed by atoms with Gasteiger partial charge in [0, 0.05) is 10.9 Å². The van der Waals surface area contributed by atoms with Gasteiger partial charge in [-0.05, 0) is 49.4 Å². The smallest absolute Gasteiger partial charge is 0.207 e. The van der Waals surface area contributed by atoms with Gasteiger partial charge in [0.1, 0.15) is 12.4 Å². The van der Waals surface area contributed by atoms with Gasteiger partial charge in [0.2, 0.25) is 6.41 Å². The Morgan fingerprint density at radius 1 is 1.21 bits per heavy atom. The second-order valence-electron chi connectivity index (χ2n) is 6.67. The maximum atomic E-state index is 10.3. The minimum Gasteiger partial charge on any atom is -0.490 e.